The van der Waals surface area contributed by atoms with Crippen LogP contribution in [0.3, 0.4) is 0 Å². The first-order valence-electron chi connectivity index (χ1n) is 6.06. The van der Waals surface area contributed by atoms with E-state index < -0.39 is 0 Å². The summed E-state index contributed by atoms with van der Waals surface area (Å²) >= 11 is 0. The van der Waals surface area contributed by atoms with Gasteiger partial charge in [0.1, 0.15) is 0 Å². The van der Waals surface area contributed by atoms with Crippen LogP contribution in [0.1, 0.15) is 29.6 Å². The Morgan fingerprint density at radius 2 is 2.11 bits per heavy atom. The van der Waals surface area contributed by atoms with Gasteiger partial charge >= 0.3 is 0 Å². The zero-order valence-electron chi connectivity index (χ0n) is 10.2. The smallest absolute Gasteiger partial charge is 0.221 e. The zero-order valence-corrected chi connectivity index (χ0v) is 10.2. The number of carbonyl (C=O) groups is 1. The Morgan fingerprint density at radius 3 is 2.78 bits per heavy atom. The topological polar surface area (TPSA) is 46.9 Å². The number of rotatable bonds is 2. The van der Waals surface area contributed by atoms with Gasteiger partial charge in [-0.3, -0.25) is 4.79 Å². The van der Waals surface area contributed by atoms with Gasteiger partial charge in [0.25, 0.3) is 0 Å². The fourth-order valence-electron chi connectivity index (χ4n) is 2.63. The van der Waals surface area contributed by atoms with E-state index in [1.54, 1.807) is 6.33 Å². The van der Waals surface area contributed by atoms with Crippen LogP contribution in [0.15, 0.2) is 42.9 Å². The molecule has 2 unspecified atom stereocenters. The van der Waals surface area contributed by atoms with E-state index in [0.29, 0.717) is 6.42 Å². The minimum absolute atomic E-state index is 0.0501. The molecule has 1 saturated heterocycles. The lowest BCUT2D eigenvalue weighted by Gasteiger charge is -2.19. The molecule has 4 nitrogen and oxygen atoms in total. The van der Waals surface area contributed by atoms with Crippen molar-refractivity contribution in [2.45, 2.75) is 18.4 Å². The minimum atomic E-state index is 0.0501. The van der Waals surface area contributed by atoms with Gasteiger partial charge in [0.05, 0.1) is 12.4 Å². The average molecular weight is 241 g/mol. The van der Waals surface area contributed by atoms with Crippen LogP contribution >= 0.6 is 0 Å². The SMILES string of the molecule is Cn1cncc1C1CC(=O)NC1c1ccccc1. The number of hydrogen-bond donors (Lipinski definition) is 1. The van der Waals surface area contributed by atoms with Crippen LogP contribution in [0.2, 0.25) is 0 Å². The van der Waals surface area contributed by atoms with Crippen molar-refractivity contribution in [1.29, 1.82) is 0 Å². The number of benzene rings is 1. The van der Waals surface area contributed by atoms with E-state index in [4.69, 9.17) is 0 Å². The average Bonchev–Trinajstić information content (AvgIpc) is 2.96. The molecule has 3 rings (SSSR count). The maximum Gasteiger partial charge on any atom is 0.221 e. The van der Waals surface area contributed by atoms with Crippen LogP contribution in [0.4, 0.5) is 0 Å². The molecule has 1 aliphatic heterocycles. The maximum atomic E-state index is 11.7. The van der Waals surface area contributed by atoms with E-state index >= 15 is 0 Å². The molecule has 1 aliphatic rings. The van der Waals surface area contributed by atoms with Crippen molar-refractivity contribution in [3.8, 4) is 0 Å². The van der Waals surface area contributed by atoms with Crippen molar-refractivity contribution < 1.29 is 4.79 Å². The van der Waals surface area contributed by atoms with E-state index in [2.05, 4.69) is 22.4 Å². The summed E-state index contributed by atoms with van der Waals surface area (Å²) in [5.74, 6) is 0.266. The second-order valence-electron chi connectivity index (χ2n) is 4.70. The first-order valence-corrected chi connectivity index (χ1v) is 6.06. The minimum Gasteiger partial charge on any atom is -0.349 e. The largest absolute Gasteiger partial charge is 0.349 e. The molecule has 1 amide bonds. The van der Waals surface area contributed by atoms with E-state index in [1.807, 2.05) is 36.0 Å². The van der Waals surface area contributed by atoms with Crippen molar-refractivity contribution >= 4 is 5.91 Å². The summed E-state index contributed by atoms with van der Waals surface area (Å²) in [5, 5.41) is 3.06. The Balaban J connectivity index is 1.98. The van der Waals surface area contributed by atoms with Gasteiger partial charge in [-0.05, 0) is 5.56 Å². The Kier molecular flexibility index (Phi) is 2.63. The highest BCUT2D eigenvalue weighted by Gasteiger charge is 2.35. The monoisotopic (exact) mass is 241 g/mol. The molecule has 2 aromatic rings. The van der Waals surface area contributed by atoms with Crippen LogP contribution < -0.4 is 5.32 Å². The van der Waals surface area contributed by atoms with Gasteiger partial charge in [0.15, 0.2) is 0 Å². The molecule has 0 saturated carbocycles. The standard InChI is InChI=1S/C14H15N3O/c1-17-9-15-8-12(17)11-7-13(18)16-14(11)10-5-3-2-4-6-10/h2-6,8-9,11,14H,7H2,1H3,(H,16,18). The molecule has 0 bridgehead atoms. The van der Waals surface area contributed by atoms with Crippen LogP contribution in [0, 0.1) is 0 Å². The predicted octanol–water partition coefficient (Wildman–Crippen LogP) is 1.76. The second kappa shape index (κ2) is 4.29. The summed E-state index contributed by atoms with van der Waals surface area (Å²) in [6, 6.07) is 10.1. The molecule has 1 N–H and O–H groups in total. The molecule has 0 spiro atoms. The summed E-state index contributed by atoms with van der Waals surface area (Å²) in [6.07, 6.45) is 4.15. The maximum absolute atomic E-state index is 11.7. The summed E-state index contributed by atoms with van der Waals surface area (Å²) in [4.78, 5) is 15.8. The summed E-state index contributed by atoms with van der Waals surface area (Å²) in [5.41, 5.74) is 2.25. The Morgan fingerprint density at radius 1 is 1.33 bits per heavy atom. The lowest BCUT2D eigenvalue weighted by Crippen LogP contribution is -2.20. The Hall–Kier alpha value is -2.10. The number of hydrogen-bond acceptors (Lipinski definition) is 2. The van der Waals surface area contributed by atoms with E-state index in [0.717, 1.165) is 11.3 Å². The van der Waals surface area contributed by atoms with Gasteiger partial charge in [-0.15, -0.1) is 0 Å². The Bertz CT molecular complexity index is 561. The van der Waals surface area contributed by atoms with E-state index in [9.17, 15) is 4.79 Å². The summed E-state index contributed by atoms with van der Waals surface area (Å²) in [7, 11) is 1.97. The van der Waals surface area contributed by atoms with E-state index in [1.165, 1.54) is 0 Å². The van der Waals surface area contributed by atoms with Crippen molar-refractivity contribution in [3.05, 3.63) is 54.1 Å². The summed E-state index contributed by atoms with van der Waals surface area (Å²) in [6.45, 7) is 0. The number of aryl methyl sites for hydroxylation is 1. The number of imidazole rings is 1. The number of aromatic nitrogens is 2. The Labute approximate surface area is 106 Å². The van der Waals surface area contributed by atoms with Crippen LogP contribution in [0.25, 0.3) is 0 Å². The fourth-order valence-corrected chi connectivity index (χ4v) is 2.63. The van der Waals surface area contributed by atoms with Gasteiger partial charge in [-0.25, -0.2) is 4.98 Å². The number of carbonyl (C=O) groups excluding carboxylic acids is 1. The quantitative estimate of drug-likeness (QED) is 0.871. The molecule has 1 fully saturated rings. The summed E-state index contributed by atoms with van der Waals surface area (Å²) < 4.78 is 1.99. The van der Waals surface area contributed by atoms with Gasteiger partial charge in [-0.1, -0.05) is 30.3 Å². The number of amides is 1. The molecule has 18 heavy (non-hydrogen) atoms. The molecule has 92 valence electrons. The van der Waals surface area contributed by atoms with Crippen LogP contribution in [-0.2, 0) is 11.8 Å². The number of nitrogens with one attached hydrogen (secondary N) is 1. The lowest BCUT2D eigenvalue weighted by molar-refractivity contribution is -0.119. The molecule has 0 radical (unpaired) electrons. The third-order valence-corrected chi connectivity index (χ3v) is 3.52. The first kappa shape index (κ1) is 11.0. The molecule has 0 aliphatic carbocycles. The van der Waals surface area contributed by atoms with Crippen LogP contribution in [0.5, 0.6) is 0 Å². The third-order valence-electron chi connectivity index (χ3n) is 3.52. The lowest BCUT2D eigenvalue weighted by atomic mass is 9.91. The first-order chi connectivity index (χ1) is 8.75. The number of nitrogens with zero attached hydrogens (tertiary/aromatic N) is 2. The van der Waals surface area contributed by atoms with E-state index in [-0.39, 0.29) is 17.9 Å². The molecule has 2 atom stereocenters. The van der Waals surface area contributed by atoms with Gasteiger partial charge in [0.2, 0.25) is 5.91 Å². The van der Waals surface area contributed by atoms with Gasteiger partial charge in [-0.2, -0.15) is 0 Å². The van der Waals surface area contributed by atoms with Crippen molar-refractivity contribution in [3.63, 3.8) is 0 Å². The molecular weight excluding hydrogens is 226 g/mol. The zero-order chi connectivity index (χ0) is 12.5. The van der Waals surface area contributed by atoms with Crippen molar-refractivity contribution in [2.24, 2.45) is 7.05 Å². The normalized spacial score (nSPS) is 23.1. The molecule has 1 aromatic heterocycles. The molecule has 2 heterocycles. The predicted molar refractivity (Wildman–Crippen MR) is 67.9 cm³/mol. The van der Waals surface area contributed by atoms with Gasteiger partial charge in [0, 0.05) is 31.3 Å². The van der Waals surface area contributed by atoms with Crippen molar-refractivity contribution in [1.82, 2.24) is 14.9 Å². The van der Waals surface area contributed by atoms with Crippen LogP contribution in [-0.4, -0.2) is 15.5 Å². The highest BCUT2D eigenvalue weighted by Crippen LogP contribution is 2.37. The van der Waals surface area contributed by atoms with Gasteiger partial charge < -0.3 is 9.88 Å². The second-order valence-corrected chi connectivity index (χ2v) is 4.70. The molecular formula is C14H15N3O. The highest BCUT2D eigenvalue weighted by molar-refractivity contribution is 5.80. The highest BCUT2D eigenvalue weighted by atomic mass is 16.2. The molecule has 4 heteroatoms. The molecule has 1 aromatic carbocycles. The third kappa shape index (κ3) is 1.79. The fraction of sp³-hybridized carbons (Fsp3) is 0.286. The van der Waals surface area contributed by atoms with Crippen molar-refractivity contribution in [2.75, 3.05) is 0 Å².